The number of aromatic nitrogens is 2. The van der Waals surface area contributed by atoms with E-state index < -0.39 is 11.1 Å². The minimum Gasteiger partial charge on any atom is -0.772 e. The zero-order chi connectivity index (χ0) is 14.8. The van der Waals surface area contributed by atoms with E-state index in [-0.39, 0.29) is 5.25 Å². The molecule has 1 aromatic rings. The third-order valence-corrected chi connectivity index (χ3v) is 4.27. The summed E-state index contributed by atoms with van der Waals surface area (Å²) in [6.45, 7) is 3.26. The van der Waals surface area contributed by atoms with Crippen LogP contribution < -0.4 is 0 Å². The molecule has 0 saturated heterocycles. The topological polar surface area (TPSA) is 65.9 Å². The summed E-state index contributed by atoms with van der Waals surface area (Å²) in [5, 5.41) is -0.231. The van der Waals surface area contributed by atoms with E-state index in [4.69, 9.17) is 0 Å². The molecule has 1 unspecified atom stereocenters. The van der Waals surface area contributed by atoms with Crippen LogP contribution in [0.1, 0.15) is 58.2 Å². The van der Waals surface area contributed by atoms with Gasteiger partial charge in [-0.3, -0.25) is 4.21 Å². The van der Waals surface area contributed by atoms with E-state index in [1.165, 1.54) is 38.5 Å². The molecular formula is C15H25N2O2S-. The van der Waals surface area contributed by atoms with Crippen LogP contribution in [0.3, 0.4) is 0 Å². The summed E-state index contributed by atoms with van der Waals surface area (Å²) >= 11 is -1.87. The van der Waals surface area contributed by atoms with Crippen molar-refractivity contribution in [3.63, 3.8) is 0 Å². The van der Waals surface area contributed by atoms with Crippen molar-refractivity contribution < 1.29 is 8.76 Å². The van der Waals surface area contributed by atoms with Crippen LogP contribution in [-0.2, 0) is 17.5 Å². The third kappa shape index (κ3) is 7.70. The molecule has 0 radical (unpaired) electrons. The van der Waals surface area contributed by atoms with E-state index >= 15 is 0 Å². The van der Waals surface area contributed by atoms with Gasteiger partial charge in [0.2, 0.25) is 0 Å². The van der Waals surface area contributed by atoms with Crippen molar-refractivity contribution in [1.29, 1.82) is 0 Å². The monoisotopic (exact) mass is 297 g/mol. The predicted molar refractivity (Wildman–Crippen MR) is 81.0 cm³/mol. The Hall–Kier alpha value is -0.810. The summed E-state index contributed by atoms with van der Waals surface area (Å²) in [5.74, 6) is 1.95. The molecule has 4 nitrogen and oxygen atoms in total. The molecule has 0 aromatic carbocycles. The number of hydrogen-bond donors (Lipinski definition) is 0. The molecule has 1 aliphatic carbocycles. The molecule has 20 heavy (non-hydrogen) atoms. The van der Waals surface area contributed by atoms with Crippen molar-refractivity contribution >= 4 is 11.1 Å². The summed E-state index contributed by atoms with van der Waals surface area (Å²) in [6.07, 6.45) is 13.2. The van der Waals surface area contributed by atoms with E-state index in [0.29, 0.717) is 0 Å². The maximum absolute atomic E-state index is 9.70. The number of rotatable bonds is 4. The molecule has 2 rings (SSSR count). The Bertz CT molecular complexity index is 379. The van der Waals surface area contributed by atoms with E-state index in [2.05, 4.69) is 9.97 Å². The summed E-state index contributed by atoms with van der Waals surface area (Å²) < 4.78 is 19.4. The average Bonchev–Trinajstić information content (AvgIpc) is 2.48. The van der Waals surface area contributed by atoms with Gasteiger partial charge in [0.1, 0.15) is 5.82 Å². The Morgan fingerprint density at radius 3 is 2.30 bits per heavy atom. The molecule has 1 heterocycles. The second kappa shape index (κ2) is 10.00. The highest BCUT2D eigenvalue weighted by atomic mass is 32.2. The lowest BCUT2D eigenvalue weighted by Gasteiger charge is -2.20. The van der Waals surface area contributed by atoms with Crippen LogP contribution in [0.25, 0.3) is 0 Å². The first kappa shape index (κ1) is 17.2. The number of aryl methyl sites for hydroxylation is 1. The molecule has 114 valence electrons. The molecule has 0 bridgehead atoms. The van der Waals surface area contributed by atoms with Crippen molar-refractivity contribution in [3.05, 3.63) is 24.3 Å². The number of nitrogens with zero attached hydrogens (tertiary/aromatic N) is 2. The van der Waals surface area contributed by atoms with Crippen LogP contribution in [0.5, 0.6) is 0 Å². The summed E-state index contributed by atoms with van der Waals surface area (Å²) in [4.78, 5) is 8.50. The zero-order valence-corrected chi connectivity index (χ0v) is 13.3. The van der Waals surface area contributed by atoms with Crippen LogP contribution in [0.15, 0.2) is 18.5 Å². The molecule has 1 saturated carbocycles. The molecule has 1 fully saturated rings. The maximum Gasteiger partial charge on any atom is 0.128 e. The summed E-state index contributed by atoms with van der Waals surface area (Å²) in [7, 11) is 0. The fourth-order valence-electron chi connectivity index (χ4n) is 2.27. The van der Waals surface area contributed by atoms with Gasteiger partial charge in [-0.15, -0.1) is 0 Å². The Morgan fingerprint density at radius 1 is 1.25 bits per heavy atom. The van der Waals surface area contributed by atoms with Gasteiger partial charge < -0.3 is 4.55 Å². The van der Waals surface area contributed by atoms with Crippen molar-refractivity contribution in [3.8, 4) is 0 Å². The maximum atomic E-state index is 9.70. The van der Waals surface area contributed by atoms with Crippen LogP contribution >= 0.6 is 0 Å². The van der Waals surface area contributed by atoms with Crippen LogP contribution in [0, 0.1) is 5.92 Å². The van der Waals surface area contributed by atoms with E-state index in [9.17, 15) is 8.76 Å². The molecule has 0 spiro atoms. The van der Waals surface area contributed by atoms with Gasteiger partial charge in [-0.05, 0) is 18.4 Å². The molecule has 1 aliphatic rings. The first-order valence-electron chi connectivity index (χ1n) is 7.43. The third-order valence-electron chi connectivity index (χ3n) is 3.51. The molecule has 0 amide bonds. The molecular weight excluding hydrogens is 272 g/mol. The van der Waals surface area contributed by atoms with Gasteiger partial charge in [0.25, 0.3) is 0 Å². The Kier molecular flexibility index (Phi) is 8.62. The van der Waals surface area contributed by atoms with Gasteiger partial charge in [0.15, 0.2) is 0 Å². The van der Waals surface area contributed by atoms with Crippen LogP contribution in [-0.4, -0.2) is 24.0 Å². The molecule has 5 heteroatoms. The smallest absolute Gasteiger partial charge is 0.128 e. The fourth-order valence-corrected chi connectivity index (χ4v) is 2.27. The van der Waals surface area contributed by atoms with Crippen molar-refractivity contribution in [2.45, 2.75) is 64.0 Å². The van der Waals surface area contributed by atoms with E-state index in [0.717, 1.165) is 18.2 Å². The molecule has 0 N–H and O–H groups in total. The lowest BCUT2D eigenvalue weighted by molar-refractivity contribution is 0.337. The van der Waals surface area contributed by atoms with Gasteiger partial charge in [0.05, 0.1) is 0 Å². The fraction of sp³-hybridized carbons (Fsp3) is 0.733. The molecule has 1 atom stereocenters. The second-order valence-electron chi connectivity index (χ2n) is 5.52. The minimum atomic E-state index is -1.87. The zero-order valence-electron chi connectivity index (χ0n) is 12.5. The van der Waals surface area contributed by atoms with Gasteiger partial charge in [-0.1, -0.05) is 57.0 Å². The highest BCUT2D eigenvalue weighted by Crippen LogP contribution is 2.26. The lowest BCUT2D eigenvalue weighted by atomic mass is 9.86. The van der Waals surface area contributed by atoms with E-state index in [1.807, 2.05) is 18.5 Å². The Balaban J connectivity index is 0.000000286. The summed E-state index contributed by atoms with van der Waals surface area (Å²) in [6, 6.07) is 1.88. The molecule has 1 aromatic heterocycles. The SMILES string of the molecule is CC(C)S(=O)[O-].c1cnc(CCC2CCCCC2)nc1. The average molecular weight is 297 g/mol. The van der Waals surface area contributed by atoms with Crippen LogP contribution in [0.4, 0.5) is 0 Å². The number of hydrogen-bond acceptors (Lipinski definition) is 4. The largest absolute Gasteiger partial charge is 0.772 e. The normalized spacial score (nSPS) is 17.4. The van der Waals surface area contributed by atoms with Gasteiger partial charge in [0, 0.05) is 24.1 Å². The van der Waals surface area contributed by atoms with Gasteiger partial charge in [-0.2, -0.15) is 0 Å². The summed E-state index contributed by atoms with van der Waals surface area (Å²) in [5.41, 5.74) is 0. The van der Waals surface area contributed by atoms with Crippen LogP contribution in [0.2, 0.25) is 0 Å². The van der Waals surface area contributed by atoms with Crippen molar-refractivity contribution in [2.24, 2.45) is 5.92 Å². The quantitative estimate of drug-likeness (QED) is 0.800. The standard InChI is InChI=1S/C12H18N2.C3H8O2S/c1-2-5-11(6-3-1)7-8-12-13-9-4-10-14-12;1-3(2)6(4)5/h4,9-11H,1-3,5-8H2;3H,1-2H3,(H,4,5)/p-1. The first-order chi connectivity index (χ1) is 9.59. The van der Waals surface area contributed by atoms with Gasteiger partial charge in [-0.25, -0.2) is 9.97 Å². The first-order valence-corrected chi connectivity index (χ1v) is 8.57. The van der Waals surface area contributed by atoms with Gasteiger partial charge >= 0.3 is 0 Å². The Labute approximate surface area is 124 Å². The second-order valence-corrected chi connectivity index (χ2v) is 6.98. The highest BCUT2D eigenvalue weighted by molar-refractivity contribution is 7.79. The minimum absolute atomic E-state index is 0.231. The van der Waals surface area contributed by atoms with E-state index in [1.54, 1.807) is 13.8 Å². The highest BCUT2D eigenvalue weighted by Gasteiger charge is 2.13. The lowest BCUT2D eigenvalue weighted by Crippen LogP contribution is -2.08. The predicted octanol–water partition coefficient (Wildman–Crippen LogP) is 3.26. The molecule has 0 aliphatic heterocycles. The Morgan fingerprint density at radius 2 is 1.80 bits per heavy atom. The van der Waals surface area contributed by atoms with Crippen molar-refractivity contribution in [1.82, 2.24) is 9.97 Å². The van der Waals surface area contributed by atoms with Crippen molar-refractivity contribution in [2.75, 3.05) is 0 Å².